The maximum absolute atomic E-state index is 13.0. The minimum absolute atomic E-state index is 0.0634. The quantitative estimate of drug-likeness (QED) is 0.398. The van der Waals surface area contributed by atoms with E-state index in [0.717, 1.165) is 25.2 Å². The van der Waals surface area contributed by atoms with Crippen molar-refractivity contribution in [2.24, 2.45) is 12.2 Å². The molecule has 0 saturated carbocycles. The van der Waals surface area contributed by atoms with E-state index >= 15 is 0 Å². The maximum atomic E-state index is 13.0. The second-order valence-electron chi connectivity index (χ2n) is 5.47. The first-order chi connectivity index (χ1) is 13.4. The summed E-state index contributed by atoms with van der Waals surface area (Å²) in [7, 11) is 1.03. The van der Waals surface area contributed by atoms with Crippen LogP contribution in [0.4, 0.5) is 18.9 Å². The molecule has 0 saturated heterocycles. The van der Waals surface area contributed by atoms with Gasteiger partial charge >= 0.3 is 12.1 Å². The van der Waals surface area contributed by atoms with Crippen LogP contribution in [0.1, 0.15) is 18.2 Å². The lowest BCUT2D eigenvalue weighted by atomic mass is 10.1. The van der Waals surface area contributed by atoms with E-state index in [4.69, 9.17) is 21.4 Å². The third-order valence-corrected chi connectivity index (χ3v) is 3.73. The largest absolute Gasteiger partial charge is 0.479 e. The summed E-state index contributed by atoms with van der Waals surface area (Å²) in [6.45, 7) is 0.536. The zero-order chi connectivity index (χ0) is 21.9. The molecule has 2 rings (SSSR count). The first-order valence-corrected chi connectivity index (χ1v) is 7.94. The molecule has 29 heavy (non-hydrogen) atoms. The molecule has 0 amide bonds. The van der Waals surface area contributed by atoms with Crippen molar-refractivity contribution in [1.82, 2.24) is 9.78 Å². The summed E-state index contributed by atoms with van der Waals surface area (Å²) >= 11 is 5.71. The molecule has 0 atom stereocenters. The normalized spacial score (nSPS) is 12.0. The molecule has 0 aliphatic rings. The molecule has 156 valence electrons. The topological polar surface area (TPSA) is 129 Å². The van der Waals surface area contributed by atoms with Crippen molar-refractivity contribution in [2.45, 2.75) is 13.1 Å². The van der Waals surface area contributed by atoms with Gasteiger partial charge in [-0.05, 0) is 19.1 Å². The van der Waals surface area contributed by atoms with Crippen LogP contribution >= 0.6 is 11.6 Å². The van der Waals surface area contributed by atoms with E-state index in [2.05, 4.69) is 15.1 Å². The van der Waals surface area contributed by atoms with Gasteiger partial charge in [-0.2, -0.15) is 13.2 Å². The second-order valence-corrected chi connectivity index (χ2v) is 5.85. The van der Waals surface area contributed by atoms with E-state index in [1.807, 2.05) is 0 Å². The van der Waals surface area contributed by atoms with Crippen molar-refractivity contribution in [1.29, 1.82) is 0 Å². The van der Waals surface area contributed by atoms with Crippen molar-refractivity contribution in [3.05, 3.63) is 44.6 Å². The Morgan fingerprint density at radius 3 is 2.62 bits per heavy atom. The van der Waals surface area contributed by atoms with Gasteiger partial charge in [0.25, 0.3) is 11.6 Å². The summed E-state index contributed by atoms with van der Waals surface area (Å²) in [4.78, 5) is 25.5. The number of benzene rings is 1. The van der Waals surface area contributed by atoms with Crippen molar-refractivity contribution < 1.29 is 37.6 Å². The van der Waals surface area contributed by atoms with Crippen molar-refractivity contribution in [3.8, 4) is 11.6 Å². The van der Waals surface area contributed by atoms with Crippen molar-refractivity contribution in [3.63, 3.8) is 0 Å². The van der Waals surface area contributed by atoms with E-state index in [1.54, 1.807) is 0 Å². The number of carboxylic acids is 1. The fraction of sp³-hybridized carbons (Fsp3) is 0.267. The molecule has 0 fully saturated rings. The van der Waals surface area contributed by atoms with E-state index in [-0.39, 0.29) is 17.0 Å². The molecule has 2 aromatic rings. The Balaban J connectivity index is 2.41. The molecule has 14 heteroatoms. The van der Waals surface area contributed by atoms with E-state index in [1.165, 1.54) is 6.92 Å². The molecule has 0 unspecified atom stereocenters. The Morgan fingerprint density at radius 2 is 2.10 bits per heavy atom. The van der Waals surface area contributed by atoms with Gasteiger partial charge in [-0.1, -0.05) is 16.8 Å². The number of aryl methyl sites for hydroxylation is 1. The molecular weight excluding hydrogens is 425 g/mol. The Bertz CT molecular complexity index is 989. The fourth-order valence-corrected chi connectivity index (χ4v) is 2.53. The van der Waals surface area contributed by atoms with Crippen molar-refractivity contribution >= 4 is 29.0 Å². The molecule has 0 aliphatic heterocycles. The third-order valence-electron chi connectivity index (χ3n) is 3.39. The number of ether oxygens (including phenoxy) is 1. The lowest BCUT2D eigenvalue weighted by molar-refractivity contribution is -0.385. The molecule has 1 heterocycles. The third kappa shape index (κ3) is 5.13. The van der Waals surface area contributed by atoms with Crippen molar-refractivity contribution in [2.75, 3.05) is 6.61 Å². The zero-order valence-corrected chi connectivity index (χ0v) is 15.5. The molecule has 1 aromatic heterocycles. The SMILES string of the molecule is CC(=NOCC(=O)O)c1cc(Oc2nn(C)c(C(F)(F)F)c2Cl)ccc1[N+](=O)[O-]. The van der Waals surface area contributed by atoms with Gasteiger partial charge in [0.15, 0.2) is 5.69 Å². The number of alkyl halides is 3. The Kier molecular flexibility index (Phi) is 6.31. The minimum atomic E-state index is -4.77. The number of nitrogens with zero attached hydrogens (tertiary/aromatic N) is 4. The highest BCUT2D eigenvalue weighted by Gasteiger charge is 2.39. The number of aliphatic carboxylic acids is 1. The summed E-state index contributed by atoms with van der Waals surface area (Å²) in [5, 5.41) is 26.0. The average Bonchev–Trinajstić information content (AvgIpc) is 2.87. The monoisotopic (exact) mass is 436 g/mol. The Morgan fingerprint density at radius 1 is 1.45 bits per heavy atom. The number of halogens is 4. The molecule has 0 aliphatic carbocycles. The summed E-state index contributed by atoms with van der Waals surface area (Å²) in [5.41, 5.74) is -1.82. The van der Waals surface area contributed by atoms with Crippen LogP contribution in [-0.4, -0.2) is 38.1 Å². The standard InChI is InChI=1S/C15H12ClF3N4O6/c1-7(21-28-6-11(24)25)9-5-8(3-4-10(9)23(26)27)29-14-12(16)13(15(17,18)19)22(2)20-14/h3-5H,6H2,1-2H3,(H,24,25). The summed E-state index contributed by atoms with van der Waals surface area (Å²) < 4.78 is 44.8. The highest BCUT2D eigenvalue weighted by molar-refractivity contribution is 6.32. The van der Waals surface area contributed by atoms with Gasteiger partial charge in [-0.15, -0.1) is 5.10 Å². The summed E-state index contributed by atoms with van der Waals surface area (Å²) in [6.07, 6.45) is -4.77. The smallest absolute Gasteiger partial charge is 0.434 e. The average molecular weight is 437 g/mol. The molecule has 1 aromatic carbocycles. The van der Waals surface area contributed by atoms with Crippen LogP contribution in [-0.2, 0) is 22.9 Å². The number of oxime groups is 1. The number of rotatable bonds is 7. The predicted molar refractivity (Wildman–Crippen MR) is 92.2 cm³/mol. The van der Waals surface area contributed by atoms with E-state index in [9.17, 15) is 28.1 Å². The van der Waals surface area contributed by atoms with Gasteiger partial charge in [0.05, 0.1) is 16.2 Å². The van der Waals surface area contributed by atoms with Gasteiger partial charge in [-0.25, -0.2) is 4.79 Å². The summed E-state index contributed by atoms with van der Waals surface area (Å²) in [6, 6.07) is 3.27. The van der Waals surface area contributed by atoms with Crippen LogP contribution in [0.15, 0.2) is 23.4 Å². The molecule has 0 spiro atoms. The fourth-order valence-electron chi connectivity index (χ4n) is 2.22. The Labute approximate surface area is 165 Å². The highest BCUT2D eigenvalue weighted by Crippen LogP contribution is 2.40. The zero-order valence-electron chi connectivity index (χ0n) is 14.7. The number of hydrogen-bond acceptors (Lipinski definition) is 7. The van der Waals surface area contributed by atoms with Gasteiger partial charge in [-0.3, -0.25) is 14.8 Å². The molecule has 0 radical (unpaired) electrons. The van der Waals surface area contributed by atoms with E-state index < -0.39 is 46.0 Å². The number of hydrogen-bond donors (Lipinski definition) is 1. The molecule has 0 bridgehead atoms. The van der Waals surface area contributed by atoms with Gasteiger partial charge in [0, 0.05) is 13.1 Å². The maximum Gasteiger partial charge on any atom is 0.434 e. The van der Waals surface area contributed by atoms with E-state index in [0.29, 0.717) is 4.68 Å². The lowest BCUT2D eigenvalue weighted by Crippen LogP contribution is -2.12. The molecule has 10 nitrogen and oxygen atoms in total. The van der Waals surface area contributed by atoms with Crippen LogP contribution in [0.5, 0.6) is 11.6 Å². The number of aromatic nitrogens is 2. The van der Waals surface area contributed by atoms with Gasteiger partial charge in [0.2, 0.25) is 6.61 Å². The first kappa shape index (κ1) is 21.9. The van der Waals surface area contributed by atoms with Gasteiger partial charge in [0.1, 0.15) is 10.8 Å². The number of carboxylic acid groups (broad SMARTS) is 1. The minimum Gasteiger partial charge on any atom is -0.479 e. The van der Waals surface area contributed by atoms with Crippen LogP contribution in [0.25, 0.3) is 0 Å². The molecular formula is C15H12ClF3N4O6. The second kappa shape index (κ2) is 8.34. The first-order valence-electron chi connectivity index (χ1n) is 7.56. The van der Waals surface area contributed by atoms with Gasteiger partial charge < -0.3 is 14.7 Å². The van der Waals surface area contributed by atoms with Crippen LogP contribution in [0.3, 0.4) is 0 Å². The predicted octanol–water partition coefficient (Wildman–Crippen LogP) is 3.62. The van der Waals surface area contributed by atoms with Crippen LogP contribution < -0.4 is 4.74 Å². The lowest BCUT2D eigenvalue weighted by Gasteiger charge is -2.07. The summed E-state index contributed by atoms with van der Waals surface area (Å²) in [5.74, 6) is -1.98. The number of nitro benzene ring substituents is 1. The van der Waals surface area contributed by atoms with Crippen LogP contribution in [0.2, 0.25) is 5.02 Å². The Hall–Kier alpha value is -3.35. The molecule has 1 N–H and O–H groups in total. The number of nitro groups is 1. The number of carbonyl (C=O) groups is 1. The van der Waals surface area contributed by atoms with Crippen LogP contribution in [0, 0.1) is 10.1 Å². The highest BCUT2D eigenvalue weighted by atomic mass is 35.5.